The highest BCUT2D eigenvalue weighted by Crippen LogP contribution is 2.31. The first-order valence-corrected chi connectivity index (χ1v) is 5.33. The van der Waals surface area contributed by atoms with E-state index in [0.717, 1.165) is 10.9 Å². The Morgan fingerprint density at radius 2 is 2.46 bits per heavy atom. The Hall–Kier alpha value is -0.350. The molecule has 13 heavy (non-hydrogen) atoms. The van der Waals surface area contributed by atoms with Gasteiger partial charge in [-0.3, -0.25) is 4.68 Å². The molecule has 1 aliphatic rings. The highest BCUT2D eigenvalue weighted by atomic mass is 79.9. The maximum Gasteiger partial charge on any atom is 0.0795 e. The van der Waals surface area contributed by atoms with Crippen molar-refractivity contribution in [2.75, 3.05) is 7.11 Å². The quantitative estimate of drug-likeness (QED) is 0.799. The maximum atomic E-state index is 5.41. The van der Waals surface area contributed by atoms with Crippen LogP contribution in [0.3, 0.4) is 0 Å². The average molecular weight is 245 g/mol. The summed E-state index contributed by atoms with van der Waals surface area (Å²) < 4.78 is 8.45. The largest absolute Gasteiger partial charge is 0.379 e. The first-order chi connectivity index (χ1) is 6.31. The molecule has 1 aromatic rings. The van der Waals surface area contributed by atoms with Crippen LogP contribution in [0.5, 0.6) is 0 Å². The molecular weight excluding hydrogens is 232 g/mol. The van der Waals surface area contributed by atoms with Crippen LogP contribution in [-0.4, -0.2) is 23.0 Å². The first kappa shape index (κ1) is 9.21. The number of rotatable bonds is 2. The minimum absolute atomic E-state index is 0.340. The van der Waals surface area contributed by atoms with E-state index in [0.29, 0.717) is 12.1 Å². The van der Waals surface area contributed by atoms with Crippen molar-refractivity contribution in [2.24, 2.45) is 0 Å². The molecular formula is C9H13BrN2O. The molecule has 0 radical (unpaired) electrons. The molecule has 0 saturated heterocycles. The summed E-state index contributed by atoms with van der Waals surface area (Å²) in [5.41, 5.74) is 0. The lowest BCUT2D eigenvalue weighted by atomic mass is 10.2. The Balaban J connectivity index is 2.15. The van der Waals surface area contributed by atoms with Crippen LogP contribution in [0.15, 0.2) is 16.9 Å². The number of hydrogen-bond acceptors (Lipinski definition) is 2. The van der Waals surface area contributed by atoms with Crippen molar-refractivity contribution in [3.63, 3.8) is 0 Å². The van der Waals surface area contributed by atoms with Gasteiger partial charge in [-0.05, 0) is 35.2 Å². The minimum Gasteiger partial charge on any atom is -0.379 e. The van der Waals surface area contributed by atoms with E-state index in [1.54, 1.807) is 7.11 Å². The molecule has 0 aromatic carbocycles. The molecule has 1 heterocycles. The van der Waals surface area contributed by atoms with Gasteiger partial charge in [0, 0.05) is 13.3 Å². The van der Waals surface area contributed by atoms with Gasteiger partial charge < -0.3 is 4.74 Å². The van der Waals surface area contributed by atoms with Gasteiger partial charge in [-0.25, -0.2) is 0 Å². The van der Waals surface area contributed by atoms with E-state index in [9.17, 15) is 0 Å². The summed E-state index contributed by atoms with van der Waals surface area (Å²) in [6, 6.07) is 0.427. The monoisotopic (exact) mass is 244 g/mol. The molecule has 1 fully saturated rings. The van der Waals surface area contributed by atoms with Gasteiger partial charge in [-0.1, -0.05) is 0 Å². The molecule has 0 bridgehead atoms. The Labute approximate surface area is 86.2 Å². The summed E-state index contributed by atoms with van der Waals surface area (Å²) in [7, 11) is 1.78. The van der Waals surface area contributed by atoms with E-state index in [-0.39, 0.29) is 0 Å². The molecule has 3 nitrogen and oxygen atoms in total. The lowest BCUT2D eigenvalue weighted by Gasteiger charge is -2.18. The number of halogens is 1. The first-order valence-electron chi connectivity index (χ1n) is 4.53. The third kappa shape index (κ3) is 1.79. The summed E-state index contributed by atoms with van der Waals surface area (Å²) in [5, 5.41) is 4.29. The number of nitrogens with zero attached hydrogens (tertiary/aromatic N) is 2. The van der Waals surface area contributed by atoms with Gasteiger partial charge >= 0.3 is 0 Å². The summed E-state index contributed by atoms with van der Waals surface area (Å²) >= 11 is 3.40. The summed E-state index contributed by atoms with van der Waals surface area (Å²) in [5.74, 6) is 0. The van der Waals surface area contributed by atoms with Gasteiger partial charge in [0.25, 0.3) is 0 Å². The Morgan fingerprint density at radius 1 is 1.62 bits per heavy atom. The van der Waals surface area contributed by atoms with Crippen LogP contribution >= 0.6 is 15.9 Å². The lowest BCUT2D eigenvalue weighted by molar-refractivity contribution is 0.0708. The van der Waals surface area contributed by atoms with Crippen molar-refractivity contribution < 1.29 is 4.74 Å². The van der Waals surface area contributed by atoms with Crippen molar-refractivity contribution in [2.45, 2.75) is 31.4 Å². The van der Waals surface area contributed by atoms with Crippen LogP contribution in [0.2, 0.25) is 0 Å². The second-order valence-corrected chi connectivity index (χ2v) is 4.33. The number of aromatic nitrogens is 2. The normalized spacial score (nSPS) is 28.2. The zero-order chi connectivity index (χ0) is 9.26. The van der Waals surface area contributed by atoms with E-state index in [1.165, 1.54) is 12.8 Å². The minimum atomic E-state index is 0.340. The fraction of sp³-hybridized carbons (Fsp3) is 0.667. The van der Waals surface area contributed by atoms with Crippen molar-refractivity contribution in [3.05, 3.63) is 16.9 Å². The second kappa shape index (κ2) is 3.80. The predicted molar refractivity (Wildman–Crippen MR) is 53.6 cm³/mol. The van der Waals surface area contributed by atoms with Gasteiger partial charge in [0.15, 0.2) is 0 Å². The fourth-order valence-corrected chi connectivity index (χ4v) is 2.28. The highest BCUT2D eigenvalue weighted by Gasteiger charge is 2.28. The Morgan fingerprint density at radius 3 is 3.08 bits per heavy atom. The molecule has 4 heteroatoms. The van der Waals surface area contributed by atoms with Crippen molar-refractivity contribution >= 4 is 15.9 Å². The van der Waals surface area contributed by atoms with E-state index in [2.05, 4.69) is 21.0 Å². The van der Waals surface area contributed by atoms with E-state index in [4.69, 9.17) is 4.74 Å². The molecule has 1 aliphatic carbocycles. The molecule has 0 spiro atoms. The SMILES string of the molecule is CO[C@@H]1CCC[C@H]1n1cc(Br)cn1. The molecule has 1 aromatic heterocycles. The van der Waals surface area contributed by atoms with E-state index >= 15 is 0 Å². The zero-order valence-electron chi connectivity index (χ0n) is 7.61. The summed E-state index contributed by atoms with van der Waals surface area (Å²) in [6.07, 6.45) is 7.74. The highest BCUT2D eigenvalue weighted by molar-refractivity contribution is 9.10. The third-order valence-electron chi connectivity index (χ3n) is 2.63. The predicted octanol–water partition coefficient (Wildman–Crippen LogP) is 2.39. The van der Waals surface area contributed by atoms with Crippen molar-refractivity contribution in [3.8, 4) is 0 Å². The molecule has 0 amide bonds. The van der Waals surface area contributed by atoms with Gasteiger partial charge in [-0.15, -0.1) is 0 Å². The zero-order valence-corrected chi connectivity index (χ0v) is 9.20. The fourth-order valence-electron chi connectivity index (χ4n) is 1.98. The van der Waals surface area contributed by atoms with Crippen LogP contribution < -0.4 is 0 Å². The average Bonchev–Trinajstić information content (AvgIpc) is 2.71. The van der Waals surface area contributed by atoms with Gasteiger partial charge in [0.2, 0.25) is 0 Å². The molecule has 0 aliphatic heterocycles. The number of methoxy groups -OCH3 is 1. The van der Waals surface area contributed by atoms with Crippen LogP contribution in [0, 0.1) is 0 Å². The maximum absolute atomic E-state index is 5.41. The van der Waals surface area contributed by atoms with Gasteiger partial charge in [0.1, 0.15) is 0 Å². The molecule has 72 valence electrons. The Kier molecular flexibility index (Phi) is 2.69. The van der Waals surface area contributed by atoms with Gasteiger partial charge in [-0.2, -0.15) is 5.10 Å². The lowest BCUT2D eigenvalue weighted by Crippen LogP contribution is -2.20. The molecule has 2 atom stereocenters. The summed E-state index contributed by atoms with van der Waals surface area (Å²) in [4.78, 5) is 0. The third-order valence-corrected chi connectivity index (χ3v) is 3.04. The van der Waals surface area contributed by atoms with Crippen LogP contribution in [0.4, 0.5) is 0 Å². The molecule has 0 unspecified atom stereocenters. The van der Waals surface area contributed by atoms with E-state index in [1.807, 2.05) is 17.1 Å². The Bertz CT molecular complexity index is 287. The van der Waals surface area contributed by atoms with Gasteiger partial charge in [0.05, 0.1) is 22.8 Å². The number of hydrogen-bond donors (Lipinski definition) is 0. The molecule has 1 saturated carbocycles. The standard InChI is InChI=1S/C9H13BrN2O/c1-13-9-4-2-3-8(9)12-6-7(10)5-11-12/h5-6,8-9H,2-4H2,1H3/t8-,9-/m1/s1. The summed E-state index contributed by atoms with van der Waals surface area (Å²) in [6.45, 7) is 0. The van der Waals surface area contributed by atoms with Crippen LogP contribution in [0.1, 0.15) is 25.3 Å². The van der Waals surface area contributed by atoms with Crippen LogP contribution in [0.25, 0.3) is 0 Å². The van der Waals surface area contributed by atoms with E-state index < -0.39 is 0 Å². The number of ether oxygens (including phenoxy) is 1. The topological polar surface area (TPSA) is 27.1 Å². The smallest absolute Gasteiger partial charge is 0.0795 e. The second-order valence-electron chi connectivity index (χ2n) is 3.41. The van der Waals surface area contributed by atoms with Crippen molar-refractivity contribution in [1.29, 1.82) is 0 Å². The molecule has 2 rings (SSSR count). The molecule has 0 N–H and O–H groups in total. The van der Waals surface area contributed by atoms with Crippen molar-refractivity contribution in [1.82, 2.24) is 9.78 Å². The van der Waals surface area contributed by atoms with Crippen LogP contribution in [-0.2, 0) is 4.74 Å².